The van der Waals surface area contributed by atoms with E-state index in [0.717, 1.165) is 0 Å². The second kappa shape index (κ2) is 5.29. The van der Waals surface area contributed by atoms with Gasteiger partial charge in [0.1, 0.15) is 17.7 Å². The quantitative estimate of drug-likeness (QED) is 0.379. The molecule has 0 bridgehead atoms. The van der Waals surface area contributed by atoms with Gasteiger partial charge in [0.15, 0.2) is 0 Å². The van der Waals surface area contributed by atoms with Crippen molar-refractivity contribution < 1.29 is 14.8 Å². The van der Waals surface area contributed by atoms with Gasteiger partial charge in [0.2, 0.25) is 0 Å². The van der Waals surface area contributed by atoms with Gasteiger partial charge in [-0.1, -0.05) is 0 Å². The van der Waals surface area contributed by atoms with E-state index in [1.54, 1.807) is 6.07 Å². The summed E-state index contributed by atoms with van der Waals surface area (Å²) in [5, 5.41) is 22.3. The lowest BCUT2D eigenvalue weighted by molar-refractivity contribution is -0.384. The third-order valence-corrected chi connectivity index (χ3v) is 1.90. The molecule has 0 aromatic heterocycles. The number of aliphatic hydroxyl groups excluding tert-OH is 1. The van der Waals surface area contributed by atoms with E-state index < -0.39 is 11.2 Å². The van der Waals surface area contributed by atoms with Crippen molar-refractivity contribution in [3.63, 3.8) is 0 Å². The van der Waals surface area contributed by atoms with Crippen LogP contribution in [0.5, 0.6) is 5.75 Å². The average Bonchev–Trinajstić information content (AvgIpc) is 2.25. The van der Waals surface area contributed by atoms with Crippen molar-refractivity contribution in [2.24, 2.45) is 5.73 Å². The fourth-order valence-electron chi connectivity index (χ4n) is 1.15. The molecule has 0 saturated carbocycles. The van der Waals surface area contributed by atoms with E-state index in [2.05, 4.69) is 5.32 Å². The fraction of sp³-hybridized carbons (Fsp3) is 0.333. The third-order valence-electron chi connectivity index (χ3n) is 1.90. The van der Waals surface area contributed by atoms with Gasteiger partial charge < -0.3 is 20.9 Å². The van der Waals surface area contributed by atoms with Gasteiger partial charge in [-0.15, -0.1) is 0 Å². The molecule has 1 aromatic carbocycles. The van der Waals surface area contributed by atoms with E-state index in [4.69, 9.17) is 15.6 Å². The molecule has 0 aliphatic carbocycles. The Bertz CT molecular complexity index is 381. The molecule has 1 atom stereocenters. The summed E-state index contributed by atoms with van der Waals surface area (Å²) in [4.78, 5) is 10.2. The lowest BCUT2D eigenvalue weighted by Crippen LogP contribution is -2.28. The van der Waals surface area contributed by atoms with Crippen LogP contribution in [0.15, 0.2) is 18.2 Å². The van der Waals surface area contributed by atoms with Crippen LogP contribution in [-0.4, -0.2) is 29.9 Å². The summed E-state index contributed by atoms with van der Waals surface area (Å²) in [5.74, 6) is 0.394. The first-order valence-electron chi connectivity index (χ1n) is 4.54. The Hall–Kier alpha value is -1.86. The Labute approximate surface area is 92.0 Å². The Morgan fingerprint density at radius 2 is 2.38 bits per heavy atom. The molecule has 7 nitrogen and oxygen atoms in total. The highest BCUT2D eigenvalue weighted by Crippen LogP contribution is 2.28. The monoisotopic (exact) mass is 227 g/mol. The third kappa shape index (κ3) is 3.07. The lowest BCUT2D eigenvalue weighted by atomic mass is 10.2. The molecular weight excluding hydrogens is 214 g/mol. The summed E-state index contributed by atoms with van der Waals surface area (Å²) in [7, 11) is 1.43. The molecule has 0 saturated heterocycles. The minimum Gasteiger partial charge on any atom is -0.496 e. The number of nitro benzene ring substituents is 1. The number of methoxy groups -OCH3 is 1. The number of anilines is 1. The molecule has 7 heteroatoms. The normalized spacial score (nSPS) is 11.9. The highest BCUT2D eigenvalue weighted by Gasteiger charge is 2.15. The van der Waals surface area contributed by atoms with Crippen LogP contribution in [-0.2, 0) is 0 Å². The second-order valence-corrected chi connectivity index (χ2v) is 3.09. The molecule has 0 radical (unpaired) electrons. The van der Waals surface area contributed by atoms with Gasteiger partial charge in [-0.05, 0) is 12.1 Å². The molecule has 0 aliphatic heterocycles. The zero-order valence-electron chi connectivity index (χ0n) is 8.71. The predicted octanol–water partition coefficient (Wildman–Crippen LogP) is 0.292. The molecule has 16 heavy (non-hydrogen) atoms. The van der Waals surface area contributed by atoms with Gasteiger partial charge in [-0.3, -0.25) is 10.1 Å². The van der Waals surface area contributed by atoms with Crippen LogP contribution in [0.4, 0.5) is 11.4 Å². The van der Waals surface area contributed by atoms with Crippen LogP contribution >= 0.6 is 0 Å². The summed E-state index contributed by atoms with van der Waals surface area (Å²) in [6, 6.07) is 4.38. The molecule has 0 amide bonds. The van der Waals surface area contributed by atoms with E-state index in [1.165, 1.54) is 19.2 Å². The largest absolute Gasteiger partial charge is 0.496 e. The van der Waals surface area contributed by atoms with Crippen LogP contribution < -0.4 is 15.8 Å². The molecule has 0 spiro atoms. The molecule has 1 rings (SSSR count). The number of rotatable bonds is 5. The van der Waals surface area contributed by atoms with Gasteiger partial charge >= 0.3 is 0 Å². The first-order chi connectivity index (χ1) is 7.54. The van der Waals surface area contributed by atoms with Crippen molar-refractivity contribution in [2.75, 3.05) is 19.0 Å². The summed E-state index contributed by atoms with van der Waals surface area (Å²) < 4.78 is 4.88. The van der Waals surface area contributed by atoms with Crippen LogP contribution in [0.25, 0.3) is 0 Å². The summed E-state index contributed by atoms with van der Waals surface area (Å²) >= 11 is 0. The van der Waals surface area contributed by atoms with Crippen molar-refractivity contribution in [1.82, 2.24) is 0 Å². The topological polar surface area (TPSA) is 111 Å². The van der Waals surface area contributed by atoms with Gasteiger partial charge in [-0.25, -0.2) is 0 Å². The van der Waals surface area contributed by atoms with Crippen LogP contribution in [0.1, 0.15) is 0 Å². The highest BCUT2D eigenvalue weighted by molar-refractivity contribution is 5.63. The number of benzene rings is 1. The number of aliphatic hydroxyl groups is 1. The second-order valence-electron chi connectivity index (χ2n) is 3.09. The van der Waals surface area contributed by atoms with E-state index in [1.807, 2.05) is 0 Å². The first kappa shape index (κ1) is 12.2. The number of nitrogens with one attached hydrogen (secondary N) is 1. The standard InChI is InChI=1S/C9H13N3O4/c1-16-6-2-3-7(11-5-9(10)13)8(4-6)12(14)15/h2-4,9,11,13H,5,10H2,1H3. The maximum absolute atomic E-state index is 10.8. The van der Waals surface area contributed by atoms with E-state index in [-0.39, 0.29) is 17.9 Å². The molecule has 4 N–H and O–H groups in total. The average molecular weight is 227 g/mol. The van der Waals surface area contributed by atoms with Gasteiger partial charge in [0.05, 0.1) is 24.6 Å². The summed E-state index contributed by atoms with van der Waals surface area (Å²) in [6.07, 6.45) is -1.07. The minimum absolute atomic E-state index is 0.0349. The van der Waals surface area contributed by atoms with Gasteiger partial charge in [-0.2, -0.15) is 0 Å². The molecule has 0 heterocycles. The molecule has 0 fully saturated rings. The maximum atomic E-state index is 10.8. The van der Waals surface area contributed by atoms with Crippen molar-refractivity contribution in [2.45, 2.75) is 6.23 Å². The van der Waals surface area contributed by atoms with E-state index in [0.29, 0.717) is 5.75 Å². The number of nitro groups is 1. The Kier molecular flexibility index (Phi) is 4.03. The number of hydrogen-bond acceptors (Lipinski definition) is 6. The minimum atomic E-state index is -1.07. The van der Waals surface area contributed by atoms with Gasteiger partial charge in [0, 0.05) is 0 Å². The Morgan fingerprint density at radius 1 is 1.69 bits per heavy atom. The fourth-order valence-corrected chi connectivity index (χ4v) is 1.15. The number of hydrogen-bond donors (Lipinski definition) is 3. The molecule has 1 unspecified atom stereocenters. The van der Waals surface area contributed by atoms with Crippen LogP contribution in [0, 0.1) is 10.1 Å². The smallest absolute Gasteiger partial charge is 0.296 e. The number of ether oxygens (including phenoxy) is 1. The van der Waals surface area contributed by atoms with Gasteiger partial charge in [0.25, 0.3) is 5.69 Å². The first-order valence-corrected chi connectivity index (χ1v) is 4.54. The zero-order valence-corrected chi connectivity index (χ0v) is 8.71. The Balaban J connectivity index is 2.94. The maximum Gasteiger partial charge on any atom is 0.296 e. The lowest BCUT2D eigenvalue weighted by Gasteiger charge is -2.09. The molecule has 88 valence electrons. The highest BCUT2D eigenvalue weighted by atomic mass is 16.6. The van der Waals surface area contributed by atoms with Crippen molar-refractivity contribution in [3.8, 4) is 5.75 Å². The summed E-state index contributed by atoms with van der Waals surface area (Å²) in [6.45, 7) is 0.0349. The Morgan fingerprint density at radius 3 is 2.88 bits per heavy atom. The SMILES string of the molecule is COc1ccc(NCC(N)O)c([N+](=O)[O-])c1. The molecular formula is C9H13N3O4. The predicted molar refractivity (Wildman–Crippen MR) is 58.3 cm³/mol. The van der Waals surface area contributed by atoms with E-state index in [9.17, 15) is 10.1 Å². The molecule has 1 aromatic rings. The van der Waals surface area contributed by atoms with Crippen LogP contribution in [0.2, 0.25) is 0 Å². The number of nitrogens with two attached hydrogens (primary N) is 1. The zero-order chi connectivity index (χ0) is 12.1. The van der Waals surface area contributed by atoms with Crippen molar-refractivity contribution in [1.29, 1.82) is 0 Å². The van der Waals surface area contributed by atoms with Crippen molar-refractivity contribution in [3.05, 3.63) is 28.3 Å². The number of nitrogens with zero attached hydrogens (tertiary/aromatic N) is 1. The van der Waals surface area contributed by atoms with Crippen LogP contribution in [0.3, 0.4) is 0 Å². The molecule has 0 aliphatic rings. The summed E-state index contributed by atoms with van der Waals surface area (Å²) in [5.41, 5.74) is 5.28. The van der Waals surface area contributed by atoms with Crippen molar-refractivity contribution >= 4 is 11.4 Å². The van der Waals surface area contributed by atoms with E-state index >= 15 is 0 Å².